The second-order valence-electron chi connectivity index (χ2n) is 5.12. The number of carbonyl (C=O) groups excluding carboxylic acids is 1. The van der Waals surface area contributed by atoms with Gasteiger partial charge in [0.2, 0.25) is 15.9 Å². The monoisotopic (exact) mass is 306 g/mol. The molecule has 1 rings (SSSR count). The summed E-state index contributed by atoms with van der Waals surface area (Å²) in [5.74, 6) is -1.64. The van der Waals surface area contributed by atoms with E-state index in [1.807, 2.05) is 6.92 Å². The minimum atomic E-state index is -3.21. The van der Waals surface area contributed by atoms with Crippen molar-refractivity contribution in [1.82, 2.24) is 9.62 Å². The maximum Gasteiger partial charge on any atom is 0.326 e. The van der Waals surface area contributed by atoms with Gasteiger partial charge in [-0.25, -0.2) is 17.5 Å². The van der Waals surface area contributed by atoms with Crippen molar-refractivity contribution in [1.29, 1.82) is 0 Å². The molecule has 1 fully saturated rings. The van der Waals surface area contributed by atoms with Crippen molar-refractivity contribution in [3.05, 3.63) is 0 Å². The van der Waals surface area contributed by atoms with Gasteiger partial charge >= 0.3 is 5.97 Å². The van der Waals surface area contributed by atoms with E-state index in [1.54, 1.807) is 0 Å². The first-order chi connectivity index (χ1) is 9.25. The van der Waals surface area contributed by atoms with E-state index in [1.165, 1.54) is 4.31 Å². The van der Waals surface area contributed by atoms with Crippen LogP contribution in [-0.4, -0.2) is 55.1 Å². The van der Waals surface area contributed by atoms with Crippen LogP contribution in [-0.2, 0) is 19.6 Å². The van der Waals surface area contributed by atoms with Gasteiger partial charge in [-0.2, -0.15) is 0 Å². The van der Waals surface area contributed by atoms with Gasteiger partial charge in [-0.15, -0.1) is 0 Å². The summed E-state index contributed by atoms with van der Waals surface area (Å²) in [5.41, 5.74) is 0. The summed E-state index contributed by atoms with van der Waals surface area (Å²) in [6.07, 6.45) is 3.07. The number of rotatable bonds is 6. The van der Waals surface area contributed by atoms with Crippen LogP contribution < -0.4 is 5.32 Å². The summed E-state index contributed by atoms with van der Waals surface area (Å²) in [6, 6.07) is -0.861. The fraction of sp³-hybridized carbons (Fsp3) is 0.833. The van der Waals surface area contributed by atoms with Gasteiger partial charge in [-0.05, 0) is 19.3 Å². The molecule has 1 heterocycles. The molecule has 8 heteroatoms. The Morgan fingerprint density at radius 1 is 1.35 bits per heavy atom. The summed E-state index contributed by atoms with van der Waals surface area (Å²) in [4.78, 5) is 23.0. The molecule has 0 aromatic heterocycles. The third-order valence-corrected chi connectivity index (χ3v) is 4.79. The molecule has 0 spiro atoms. The Hall–Kier alpha value is -1.15. The van der Waals surface area contributed by atoms with Crippen LogP contribution in [0.15, 0.2) is 0 Å². The molecule has 116 valence electrons. The standard InChI is InChI=1S/C12H22N2O5S/c1-3-4-10(12(16)17)13-11(15)9-5-7-14(8-6-9)20(2,18)19/h9-10H,3-8H2,1-2H3,(H,13,15)(H,16,17)/t10-/m0/s1. The van der Waals surface area contributed by atoms with Crippen LogP contribution in [0.2, 0.25) is 0 Å². The van der Waals surface area contributed by atoms with Crippen molar-refractivity contribution in [2.75, 3.05) is 19.3 Å². The van der Waals surface area contributed by atoms with Crippen molar-refractivity contribution in [3.8, 4) is 0 Å². The molecule has 0 unspecified atom stereocenters. The van der Waals surface area contributed by atoms with Crippen LogP contribution in [0.3, 0.4) is 0 Å². The lowest BCUT2D eigenvalue weighted by Gasteiger charge is -2.30. The van der Waals surface area contributed by atoms with Gasteiger partial charge in [0.15, 0.2) is 0 Å². The second-order valence-corrected chi connectivity index (χ2v) is 7.11. The molecule has 1 aliphatic rings. The van der Waals surface area contributed by atoms with E-state index in [0.717, 1.165) is 6.26 Å². The third kappa shape index (κ3) is 4.75. The number of aliphatic carboxylic acids is 1. The zero-order chi connectivity index (χ0) is 15.3. The van der Waals surface area contributed by atoms with Crippen LogP contribution >= 0.6 is 0 Å². The Morgan fingerprint density at radius 2 is 1.90 bits per heavy atom. The smallest absolute Gasteiger partial charge is 0.326 e. The van der Waals surface area contributed by atoms with E-state index in [2.05, 4.69) is 5.32 Å². The molecular weight excluding hydrogens is 284 g/mol. The molecule has 1 amide bonds. The van der Waals surface area contributed by atoms with E-state index < -0.39 is 22.0 Å². The predicted molar refractivity (Wildman–Crippen MR) is 73.6 cm³/mol. The Kier molecular flexibility index (Phi) is 5.94. The molecule has 1 saturated heterocycles. The van der Waals surface area contributed by atoms with E-state index in [4.69, 9.17) is 5.11 Å². The summed E-state index contributed by atoms with van der Waals surface area (Å²) < 4.78 is 24.1. The molecular formula is C12H22N2O5S. The molecule has 0 bridgehead atoms. The molecule has 0 aromatic rings. The van der Waals surface area contributed by atoms with Gasteiger partial charge in [0.05, 0.1) is 6.26 Å². The largest absolute Gasteiger partial charge is 0.480 e. The highest BCUT2D eigenvalue weighted by atomic mass is 32.2. The number of nitrogens with zero attached hydrogens (tertiary/aromatic N) is 1. The van der Waals surface area contributed by atoms with Crippen molar-refractivity contribution in [2.45, 2.75) is 38.6 Å². The van der Waals surface area contributed by atoms with E-state index >= 15 is 0 Å². The van der Waals surface area contributed by atoms with Gasteiger partial charge in [0.25, 0.3) is 0 Å². The lowest BCUT2D eigenvalue weighted by Crippen LogP contribution is -2.47. The summed E-state index contributed by atoms with van der Waals surface area (Å²) in [5, 5.41) is 11.5. The average molecular weight is 306 g/mol. The first-order valence-corrected chi connectivity index (χ1v) is 8.58. The van der Waals surface area contributed by atoms with Gasteiger partial charge in [0.1, 0.15) is 6.04 Å². The highest BCUT2D eigenvalue weighted by molar-refractivity contribution is 7.88. The van der Waals surface area contributed by atoms with E-state index in [9.17, 15) is 18.0 Å². The number of carbonyl (C=O) groups is 2. The first-order valence-electron chi connectivity index (χ1n) is 6.74. The molecule has 1 atom stereocenters. The Balaban J connectivity index is 2.52. The summed E-state index contributed by atoms with van der Waals surface area (Å²) in [7, 11) is -3.21. The van der Waals surface area contributed by atoms with Crippen molar-refractivity contribution in [2.24, 2.45) is 5.92 Å². The Labute approximate surface area is 119 Å². The number of hydrogen-bond donors (Lipinski definition) is 2. The molecule has 7 nitrogen and oxygen atoms in total. The molecule has 20 heavy (non-hydrogen) atoms. The number of carboxylic acids is 1. The fourth-order valence-electron chi connectivity index (χ4n) is 2.29. The molecule has 2 N–H and O–H groups in total. The van der Waals surface area contributed by atoms with Crippen LogP contribution in [0.1, 0.15) is 32.6 Å². The lowest BCUT2D eigenvalue weighted by molar-refractivity contribution is -0.142. The van der Waals surface area contributed by atoms with Crippen molar-refractivity contribution in [3.63, 3.8) is 0 Å². The average Bonchev–Trinajstić information content (AvgIpc) is 2.37. The van der Waals surface area contributed by atoms with Crippen molar-refractivity contribution >= 4 is 21.9 Å². The topological polar surface area (TPSA) is 104 Å². The van der Waals surface area contributed by atoms with Gasteiger partial charge in [-0.1, -0.05) is 13.3 Å². The van der Waals surface area contributed by atoms with Crippen LogP contribution in [0.4, 0.5) is 0 Å². The number of piperidine rings is 1. The minimum absolute atomic E-state index is 0.293. The predicted octanol–water partition coefficient (Wildman–Crippen LogP) is 0.0275. The molecule has 0 saturated carbocycles. The van der Waals surface area contributed by atoms with Gasteiger partial charge in [-0.3, -0.25) is 4.79 Å². The minimum Gasteiger partial charge on any atom is -0.480 e. The maximum absolute atomic E-state index is 12.0. The van der Waals surface area contributed by atoms with Crippen LogP contribution in [0.5, 0.6) is 0 Å². The number of nitrogens with one attached hydrogen (secondary N) is 1. The second kappa shape index (κ2) is 7.03. The molecule has 0 aromatic carbocycles. The molecule has 0 aliphatic carbocycles. The van der Waals surface area contributed by atoms with Crippen LogP contribution in [0, 0.1) is 5.92 Å². The number of hydrogen-bond acceptors (Lipinski definition) is 4. The normalized spacial score (nSPS) is 19.5. The number of sulfonamides is 1. The summed E-state index contributed by atoms with van der Waals surface area (Å²) in [6.45, 7) is 2.47. The first kappa shape index (κ1) is 16.9. The Bertz CT molecular complexity index is 454. The highest BCUT2D eigenvalue weighted by Gasteiger charge is 2.30. The number of carboxylic acid groups (broad SMARTS) is 1. The molecule has 1 aliphatic heterocycles. The quantitative estimate of drug-likeness (QED) is 0.720. The Morgan fingerprint density at radius 3 is 2.30 bits per heavy atom. The van der Waals surface area contributed by atoms with Gasteiger partial charge in [0, 0.05) is 19.0 Å². The maximum atomic E-state index is 12.0. The van der Waals surface area contributed by atoms with Crippen LogP contribution in [0.25, 0.3) is 0 Å². The van der Waals surface area contributed by atoms with Gasteiger partial charge < -0.3 is 10.4 Å². The fourth-order valence-corrected chi connectivity index (χ4v) is 3.16. The van der Waals surface area contributed by atoms with E-state index in [0.29, 0.717) is 38.8 Å². The van der Waals surface area contributed by atoms with E-state index in [-0.39, 0.29) is 11.8 Å². The zero-order valence-electron chi connectivity index (χ0n) is 11.8. The summed E-state index contributed by atoms with van der Waals surface area (Å²) >= 11 is 0. The number of amides is 1. The zero-order valence-corrected chi connectivity index (χ0v) is 12.6. The third-order valence-electron chi connectivity index (χ3n) is 3.49. The molecule has 0 radical (unpaired) electrons. The SMILES string of the molecule is CCC[C@H](NC(=O)C1CCN(S(C)(=O)=O)CC1)C(=O)O. The van der Waals surface area contributed by atoms with Crippen molar-refractivity contribution < 1.29 is 23.1 Å². The lowest BCUT2D eigenvalue weighted by atomic mass is 9.96. The highest BCUT2D eigenvalue weighted by Crippen LogP contribution is 2.19.